The number of carboxylic acid groups (broad SMARTS) is 1. The van der Waals surface area contributed by atoms with Gasteiger partial charge in [-0.05, 0) is 0 Å². The topological polar surface area (TPSA) is 166 Å². The second-order valence-electron chi connectivity index (χ2n) is 3.78. The van der Waals surface area contributed by atoms with Crippen molar-refractivity contribution in [3.63, 3.8) is 0 Å². The van der Waals surface area contributed by atoms with Gasteiger partial charge in [0.25, 0.3) is 0 Å². The summed E-state index contributed by atoms with van der Waals surface area (Å²) in [6.45, 7) is 0.189. The number of carboxylic acids is 1. The Balaban J connectivity index is 2.45. The molecule has 0 saturated heterocycles. The van der Waals surface area contributed by atoms with E-state index >= 15 is 0 Å². The summed E-state index contributed by atoms with van der Waals surface area (Å²) in [5.74, 6) is -1.66. The van der Waals surface area contributed by atoms with Crippen LogP contribution in [-0.2, 0) is 22.6 Å². The van der Waals surface area contributed by atoms with Crippen molar-refractivity contribution in [3.05, 3.63) is 11.9 Å². The zero-order valence-corrected chi connectivity index (χ0v) is 9.94. The molecule has 10 heteroatoms. The van der Waals surface area contributed by atoms with E-state index in [4.69, 9.17) is 16.6 Å². The Bertz CT molecular complexity index is 485. The molecule has 1 rings (SSSR count). The van der Waals surface area contributed by atoms with E-state index in [0.29, 0.717) is 5.69 Å². The predicted molar refractivity (Wildman–Crippen MR) is 61.7 cm³/mol. The first-order chi connectivity index (χ1) is 8.88. The number of aliphatic carboxylic acids is 1. The van der Waals surface area contributed by atoms with Crippen LogP contribution >= 0.6 is 0 Å². The summed E-state index contributed by atoms with van der Waals surface area (Å²) in [6, 6.07) is -1.97. The van der Waals surface area contributed by atoms with E-state index in [1.807, 2.05) is 5.32 Å². The van der Waals surface area contributed by atoms with Crippen LogP contribution in [0.4, 0.5) is 4.79 Å². The van der Waals surface area contributed by atoms with Crippen LogP contribution in [0.2, 0.25) is 0 Å². The Morgan fingerprint density at radius 3 is 2.74 bits per heavy atom. The van der Waals surface area contributed by atoms with E-state index in [0.717, 1.165) is 0 Å². The third kappa shape index (κ3) is 5.12. The number of nitrogens with two attached hydrogens (primary N) is 2. The smallest absolute Gasteiger partial charge is 0.320 e. The molecule has 1 aromatic heterocycles. The van der Waals surface area contributed by atoms with Gasteiger partial charge in [0.15, 0.2) is 0 Å². The van der Waals surface area contributed by atoms with Gasteiger partial charge < -0.3 is 16.6 Å². The summed E-state index contributed by atoms with van der Waals surface area (Å²) >= 11 is 0. The van der Waals surface area contributed by atoms with Gasteiger partial charge in [-0.2, -0.15) is 0 Å². The molecule has 0 spiro atoms. The van der Waals surface area contributed by atoms with Gasteiger partial charge in [-0.15, -0.1) is 5.10 Å². The molecular weight excluding hydrogens is 256 g/mol. The molecule has 6 N–H and O–H groups in total. The highest BCUT2D eigenvalue weighted by atomic mass is 16.4. The Morgan fingerprint density at radius 1 is 1.47 bits per heavy atom. The molecule has 3 amide bonds. The number of imide groups is 1. The molecule has 1 unspecified atom stereocenters. The van der Waals surface area contributed by atoms with E-state index in [9.17, 15) is 14.4 Å². The van der Waals surface area contributed by atoms with Crippen LogP contribution in [0.5, 0.6) is 0 Å². The first-order valence-electron chi connectivity index (χ1n) is 5.35. The van der Waals surface area contributed by atoms with E-state index < -0.39 is 23.9 Å². The summed E-state index contributed by atoms with van der Waals surface area (Å²) in [6.07, 6.45) is 1.53. The van der Waals surface area contributed by atoms with Gasteiger partial charge >= 0.3 is 12.0 Å². The van der Waals surface area contributed by atoms with Gasteiger partial charge in [0, 0.05) is 19.0 Å². The SMILES string of the molecule is NC(=O)NC(=O)CCn1cc(CC(N)C(=O)O)nn1. The Kier molecular flexibility index (Phi) is 4.94. The molecule has 1 heterocycles. The Morgan fingerprint density at radius 2 is 2.16 bits per heavy atom. The van der Waals surface area contributed by atoms with Crippen LogP contribution in [0.15, 0.2) is 6.20 Å². The number of amides is 3. The maximum Gasteiger partial charge on any atom is 0.320 e. The standard InChI is InChI=1S/C9H14N6O4/c10-6(8(17)18)3-5-4-15(14-13-5)2-1-7(16)12-9(11)19/h4,6H,1-3,10H2,(H,17,18)(H3,11,12,16,19). The average molecular weight is 270 g/mol. The number of nitrogens with one attached hydrogen (secondary N) is 1. The molecular formula is C9H14N6O4. The molecule has 0 fully saturated rings. The van der Waals surface area contributed by atoms with Crippen molar-refractivity contribution in [2.75, 3.05) is 0 Å². The lowest BCUT2D eigenvalue weighted by Crippen LogP contribution is -2.35. The van der Waals surface area contributed by atoms with Crippen molar-refractivity contribution in [1.82, 2.24) is 20.3 Å². The molecule has 0 aliphatic heterocycles. The molecule has 0 bridgehead atoms. The van der Waals surface area contributed by atoms with Crippen LogP contribution in [-0.4, -0.2) is 44.0 Å². The highest BCUT2D eigenvalue weighted by molar-refractivity contribution is 5.93. The molecule has 1 aromatic rings. The lowest BCUT2D eigenvalue weighted by atomic mass is 10.2. The quantitative estimate of drug-likeness (QED) is 0.455. The minimum Gasteiger partial charge on any atom is -0.480 e. The largest absolute Gasteiger partial charge is 0.480 e. The summed E-state index contributed by atoms with van der Waals surface area (Å²) in [5.41, 5.74) is 10.5. The number of hydrogen-bond donors (Lipinski definition) is 4. The first kappa shape index (κ1) is 14.6. The highest BCUT2D eigenvalue weighted by Crippen LogP contribution is 1.99. The minimum atomic E-state index is -1.13. The number of carbonyl (C=O) groups is 3. The van der Waals surface area contributed by atoms with Gasteiger partial charge in [0.2, 0.25) is 5.91 Å². The van der Waals surface area contributed by atoms with Gasteiger partial charge in [-0.3, -0.25) is 19.6 Å². The predicted octanol–water partition coefficient (Wildman–Crippen LogP) is -2.18. The third-order valence-corrected chi connectivity index (χ3v) is 2.16. The number of urea groups is 1. The van der Waals surface area contributed by atoms with Crippen molar-refractivity contribution in [2.24, 2.45) is 11.5 Å². The van der Waals surface area contributed by atoms with E-state index in [-0.39, 0.29) is 19.4 Å². The Hall–Kier alpha value is -2.49. The van der Waals surface area contributed by atoms with Crippen LogP contribution < -0.4 is 16.8 Å². The average Bonchev–Trinajstić information content (AvgIpc) is 2.73. The van der Waals surface area contributed by atoms with Crippen molar-refractivity contribution >= 4 is 17.9 Å². The molecule has 0 aliphatic rings. The summed E-state index contributed by atoms with van der Waals surface area (Å²) in [4.78, 5) is 32.1. The monoisotopic (exact) mass is 270 g/mol. The first-order valence-corrected chi connectivity index (χ1v) is 5.35. The van der Waals surface area contributed by atoms with E-state index in [2.05, 4.69) is 10.3 Å². The molecule has 1 atom stereocenters. The van der Waals surface area contributed by atoms with Gasteiger partial charge in [0.05, 0.1) is 12.2 Å². The number of primary amides is 1. The van der Waals surface area contributed by atoms with Gasteiger partial charge in [-0.1, -0.05) is 5.21 Å². The maximum atomic E-state index is 11.1. The second kappa shape index (κ2) is 6.44. The van der Waals surface area contributed by atoms with Crippen LogP contribution in [0.3, 0.4) is 0 Å². The van der Waals surface area contributed by atoms with Crippen molar-refractivity contribution in [2.45, 2.75) is 25.4 Å². The van der Waals surface area contributed by atoms with Crippen molar-refractivity contribution < 1.29 is 19.5 Å². The number of rotatable bonds is 6. The number of aromatic nitrogens is 3. The van der Waals surface area contributed by atoms with Crippen LogP contribution in [0.1, 0.15) is 12.1 Å². The molecule has 0 saturated carbocycles. The van der Waals surface area contributed by atoms with Gasteiger partial charge in [-0.25, -0.2) is 4.79 Å². The number of hydrogen-bond acceptors (Lipinski definition) is 6. The molecule has 0 aromatic carbocycles. The molecule has 0 aliphatic carbocycles. The van der Waals surface area contributed by atoms with E-state index in [1.54, 1.807) is 0 Å². The van der Waals surface area contributed by atoms with Crippen molar-refractivity contribution in [3.8, 4) is 0 Å². The fourth-order valence-electron chi connectivity index (χ4n) is 1.27. The number of aryl methyl sites for hydroxylation is 1. The molecule has 19 heavy (non-hydrogen) atoms. The summed E-state index contributed by atoms with van der Waals surface area (Å²) in [7, 11) is 0. The zero-order chi connectivity index (χ0) is 14.4. The van der Waals surface area contributed by atoms with Crippen LogP contribution in [0, 0.1) is 0 Å². The number of nitrogens with zero attached hydrogens (tertiary/aromatic N) is 3. The number of carbonyl (C=O) groups excluding carboxylic acids is 2. The third-order valence-electron chi connectivity index (χ3n) is 2.16. The highest BCUT2D eigenvalue weighted by Gasteiger charge is 2.14. The molecule has 10 nitrogen and oxygen atoms in total. The summed E-state index contributed by atoms with van der Waals surface area (Å²) in [5, 5.41) is 18.0. The second-order valence-corrected chi connectivity index (χ2v) is 3.78. The fraction of sp³-hybridized carbons (Fsp3) is 0.444. The fourth-order valence-corrected chi connectivity index (χ4v) is 1.27. The van der Waals surface area contributed by atoms with Gasteiger partial charge in [0.1, 0.15) is 6.04 Å². The minimum absolute atomic E-state index is 0.00325. The van der Waals surface area contributed by atoms with Crippen LogP contribution in [0.25, 0.3) is 0 Å². The summed E-state index contributed by atoms with van der Waals surface area (Å²) < 4.78 is 1.35. The van der Waals surface area contributed by atoms with E-state index in [1.165, 1.54) is 10.9 Å². The maximum absolute atomic E-state index is 11.1. The lowest BCUT2D eigenvalue weighted by molar-refractivity contribution is -0.138. The zero-order valence-electron chi connectivity index (χ0n) is 9.94. The molecule has 104 valence electrons. The molecule has 0 radical (unpaired) electrons. The normalized spacial score (nSPS) is 11.8. The lowest BCUT2D eigenvalue weighted by Gasteiger charge is -2.02. The van der Waals surface area contributed by atoms with Crippen molar-refractivity contribution in [1.29, 1.82) is 0 Å². The Labute approximate surface area is 107 Å².